The highest BCUT2D eigenvalue weighted by Crippen LogP contribution is 2.32. The van der Waals surface area contributed by atoms with Gasteiger partial charge in [0.15, 0.2) is 5.82 Å². The van der Waals surface area contributed by atoms with Gasteiger partial charge in [0.05, 0.1) is 11.8 Å². The number of aromatic nitrogens is 2. The molecule has 2 N–H and O–H groups in total. The summed E-state index contributed by atoms with van der Waals surface area (Å²) in [7, 11) is 1.63. The number of nitrogens with zero attached hydrogens (tertiary/aromatic N) is 2. The predicted octanol–water partition coefficient (Wildman–Crippen LogP) is 3.80. The Morgan fingerprint density at radius 3 is 2.62 bits per heavy atom. The lowest BCUT2D eigenvalue weighted by Gasteiger charge is -2.14. The Bertz CT molecular complexity index is 631. The van der Waals surface area contributed by atoms with Crippen LogP contribution in [-0.4, -0.2) is 17.0 Å². The van der Waals surface area contributed by atoms with Gasteiger partial charge in [-0.2, -0.15) is 18.2 Å². The summed E-state index contributed by atoms with van der Waals surface area (Å²) in [5, 5.41) is 5.76. The molecule has 0 aliphatic carbocycles. The summed E-state index contributed by atoms with van der Waals surface area (Å²) in [6, 6.07) is 5.34. The second-order valence-electron chi connectivity index (χ2n) is 4.15. The van der Waals surface area contributed by atoms with Crippen LogP contribution in [0.4, 0.5) is 24.9 Å². The first kappa shape index (κ1) is 15.4. The molecule has 0 amide bonds. The summed E-state index contributed by atoms with van der Waals surface area (Å²) in [5.74, 6) is 0.596. The summed E-state index contributed by atoms with van der Waals surface area (Å²) in [6.45, 7) is -0.0461. The van der Waals surface area contributed by atoms with E-state index >= 15 is 0 Å². The highest BCUT2D eigenvalue weighted by atomic mass is 35.5. The maximum Gasteiger partial charge on any atom is 0.416 e. The highest BCUT2D eigenvalue weighted by molar-refractivity contribution is 6.32. The van der Waals surface area contributed by atoms with E-state index in [0.29, 0.717) is 5.95 Å². The van der Waals surface area contributed by atoms with E-state index in [1.54, 1.807) is 13.1 Å². The Hall–Kier alpha value is -2.02. The molecule has 1 heterocycles. The van der Waals surface area contributed by atoms with Crippen molar-refractivity contribution < 1.29 is 13.2 Å². The molecule has 0 fully saturated rings. The van der Waals surface area contributed by atoms with Gasteiger partial charge >= 0.3 is 6.18 Å². The molecule has 0 radical (unpaired) electrons. The zero-order chi connectivity index (χ0) is 15.5. The molecule has 1 aromatic heterocycles. The molecule has 0 spiro atoms. The largest absolute Gasteiger partial charge is 0.416 e. The first-order valence-electron chi connectivity index (χ1n) is 6.01. The van der Waals surface area contributed by atoms with Gasteiger partial charge in [0.25, 0.3) is 0 Å². The van der Waals surface area contributed by atoms with Crippen molar-refractivity contribution in [2.75, 3.05) is 17.7 Å². The van der Waals surface area contributed by atoms with Crippen LogP contribution in [-0.2, 0) is 12.7 Å². The summed E-state index contributed by atoms with van der Waals surface area (Å²) >= 11 is 5.91. The van der Waals surface area contributed by atoms with Crippen LogP contribution in [0, 0.1) is 0 Å². The van der Waals surface area contributed by atoms with Crippen molar-refractivity contribution >= 4 is 23.4 Å². The summed E-state index contributed by atoms with van der Waals surface area (Å²) < 4.78 is 38.6. The molecule has 0 bridgehead atoms. The average Bonchev–Trinajstić information content (AvgIpc) is 2.46. The van der Waals surface area contributed by atoms with Crippen molar-refractivity contribution in [3.63, 3.8) is 0 Å². The van der Waals surface area contributed by atoms with Gasteiger partial charge < -0.3 is 10.6 Å². The lowest BCUT2D eigenvalue weighted by Crippen LogP contribution is -2.12. The van der Waals surface area contributed by atoms with E-state index in [9.17, 15) is 13.2 Å². The number of halogens is 4. The van der Waals surface area contributed by atoms with Gasteiger partial charge in [-0.15, -0.1) is 0 Å². The quantitative estimate of drug-likeness (QED) is 0.900. The number of benzene rings is 1. The molecule has 0 atom stereocenters. The third-order valence-electron chi connectivity index (χ3n) is 2.74. The summed E-state index contributed by atoms with van der Waals surface area (Å²) in [4.78, 5) is 7.95. The van der Waals surface area contributed by atoms with Crippen LogP contribution < -0.4 is 10.6 Å². The normalized spacial score (nSPS) is 11.3. The predicted molar refractivity (Wildman–Crippen MR) is 75.4 cm³/mol. The zero-order valence-corrected chi connectivity index (χ0v) is 11.8. The fourth-order valence-corrected chi connectivity index (χ4v) is 1.90. The molecule has 2 rings (SSSR count). The minimum absolute atomic E-state index is 0.0461. The molecular weight excluding hydrogens is 305 g/mol. The van der Waals surface area contributed by atoms with Crippen molar-refractivity contribution in [1.29, 1.82) is 0 Å². The van der Waals surface area contributed by atoms with E-state index in [1.807, 2.05) is 0 Å². The number of nitrogens with one attached hydrogen (secondary N) is 2. The van der Waals surface area contributed by atoms with Crippen molar-refractivity contribution in [2.24, 2.45) is 0 Å². The molecular formula is C13H12ClF3N4. The SMILES string of the molecule is CNc1ncc(Cl)c(NCc2ccccc2C(F)(F)F)n1. The van der Waals surface area contributed by atoms with Crippen LogP contribution in [0.5, 0.6) is 0 Å². The molecule has 0 aliphatic heterocycles. The standard InChI is InChI=1S/C13H12ClF3N4/c1-18-12-20-7-10(14)11(21-12)19-6-8-4-2-3-5-9(8)13(15,16)17/h2-5,7H,6H2,1H3,(H2,18,19,20,21). The Balaban J connectivity index is 2.21. The van der Waals surface area contributed by atoms with Gasteiger partial charge in [0.2, 0.25) is 5.95 Å². The van der Waals surface area contributed by atoms with E-state index in [-0.39, 0.29) is 22.9 Å². The minimum atomic E-state index is -4.40. The van der Waals surface area contributed by atoms with Crippen molar-refractivity contribution in [2.45, 2.75) is 12.7 Å². The summed E-state index contributed by atoms with van der Waals surface area (Å²) in [6.07, 6.45) is -3.03. The lowest BCUT2D eigenvalue weighted by molar-refractivity contribution is -0.138. The second kappa shape index (κ2) is 6.17. The topological polar surface area (TPSA) is 49.8 Å². The number of anilines is 2. The second-order valence-corrected chi connectivity index (χ2v) is 4.56. The average molecular weight is 317 g/mol. The fourth-order valence-electron chi connectivity index (χ4n) is 1.74. The molecule has 112 valence electrons. The maximum atomic E-state index is 12.9. The van der Waals surface area contributed by atoms with Crippen LogP contribution >= 0.6 is 11.6 Å². The Kier molecular flexibility index (Phi) is 4.52. The lowest BCUT2D eigenvalue weighted by atomic mass is 10.1. The maximum absolute atomic E-state index is 12.9. The van der Waals surface area contributed by atoms with Gasteiger partial charge in [-0.1, -0.05) is 29.8 Å². The van der Waals surface area contributed by atoms with Gasteiger partial charge in [0.1, 0.15) is 5.02 Å². The van der Waals surface area contributed by atoms with Crippen molar-refractivity contribution in [1.82, 2.24) is 9.97 Å². The van der Waals surface area contributed by atoms with Crippen molar-refractivity contribution in [3.8, 4) is 0 Å². The van der Waals surface area contributed by atoms with E-state index in [4.69, 9.17) is 11.6 Å². The van der Waals surface area contributed by atoms with Crippen LogP contribution in [0.15, 0.2) is 30.5 Å². The molecule has 8 heteroatoms. The van der Waals surface area contributed by atoms with Crippen LogP contribution in [0.2, 0.25) is 5.02 Å². The number of hydrogen-bond donors (Lipinski definition) is 2. The van der Waals surface area contributed by atoms with Gasteiger partial charge in [0, 0.05) is 13.6 Å². The van der Waals surface area contributed by atoms with Gasteiger partial charge in [-0.05, 0) is 11.6 Å². The molecule has 2 aromatic rings. The third kappa shape index (κ3) is 3.75. The molecule has 1 aromatic carbocycles. The number of rotatable bonds is 4. The molecule has 21 heavy (non-hydrogen) atoms. The van der Waals surface area contributed by atoms with E-state index in [0.717, 1.165) is 6.07 Å². The van der Waals surface area contributed by atoms with Crippen LogP contribution in [0.3, 0.4) is 0 Å². The van der Waals surface area contributed by atoms with Crippen molar-refractivity contribution in [3.05, 3.63) is 46.6 Å². The van der Waals surface area contributed by atoms with Crippen LogP contribution in [0.25, 0.3) is 0 Å². The first-order valence-corrected chi connectivity index (χ1v) is 6.39. The number of hydrogen-bond acceptors (Lipinski definition) is 4. The van der Waals surface area contributed by atoms with Gasteiger partial charge in [-0.3, -0.25) is 0 Å². The molecule has 0 saturated carbocycles. The van der Waals surface area contributed by atoms with E-state index in [2.05, 4.69) is 20.6 Å². The fraction of sp³-hybridized carbons (Fsp3) is 0.231. The molecule has 0 unspecified atom stereocenters. The van der Waals surface area contributed by atoms with E-state index < -0.39 is 11.7 Å². The Labute approximate surface area is 124 Å². The molecule has 4 nitrogen and oxygen atoms in total. The molecule has 0 saturated heterocycles. The monoisotopic (exact) mass is 316 g/mol. The minimum Gasteiger partial charge on any atom is -0.365 e. The Morgan fingerprint density at radius 2 is 1.95 bits per heavy atom. The summed E-state index contributed by atoms with van der Waals surface area (Å²) in [5.41, 5.74) is -0.567. The third-order valence-corrected chi connectivity index (χ3v) is 3.01. The smallest absolute Gasteiger partial charge is 0.365 e. The van der Waals surface area contributed by atoms with E-state index in [1.165, 1.54) is 18.3 Å². The highest BCUT2D eigenvalue weighted by Gasteiger charge is 2.32. The number of alkyl halides is 3. The molecule has 0 aliphatic rings. The first-order chi connectivity index (χ1) is 9.91. The van der Waals surface area contributed by atoms with Crippen LogP contribution in [0.1, 0.15) is 11.1 Å². The van der Waals surface area contributed by atoms with Gasteiger partial charge in [-0.25, -0.2) is 4.98 Å². The zero-order valence-electron chi connectivity index (χ0n) is 11.0. The Morgan fingerprint density at radius 1 is 1.24 bits per heavy atom.